The summed E-state index contributed by atoms with van der Waals surface area (Å²) in [4.78, 5) is 27.4. The summed E-state index contributed by atoms with van der Waals surface area (Å²) in [6.07, 6.45) is 8.62. The first-order chi connectivity index (χ1) is 18.6. The van der Waals surface area contributed by atoms with Gasteiger partial charge in [0.2, 0.25) is 0 Å². The predicted octanol–water partition coefficient (Wildman–Crippen LogP) is 1.88. The molecule has 4 atom stereocenters. The number of aliphatic hydroxyl groups excluding tert-OH is 1. The Bertz CT molecular complexity index is 1870. The molecule has 0 amide bonds. The Morgan fingerprint density at radius 2 is 1.65 bits per heavy atom. The summed E-state index contributed by atoms with van der Waals surface area (Å²) >= 11 is 0. The molecule has 8 bridgehead atoms. The van der Waals surface area contributed by atoms with Crippen LogP contribution in [0.5, 0.6) is 0 Å². The van der Waals surface area contributed by atoms with Gasteiger partial charge in [0.15, 0.2) is 0 Å². The number of hydrogen-bond acceptors (Lipinski definition) is 2. The quantitative estimate of drug-likeness (QED) is 0.487. The molecule has 8 heteroatoms. The maximum absolute atomic E-state index is 12.5. The SMILES string of the molecule is C=Cc1c2[n-]c(c1C)/C=C1/[N-]C(C3=c4[n-]c(c(C)c4=C(O)[C@@H]3C(=O)O)/C=c3\[n-]/c(c(C)c3CC)=C\2)[C@@H](C)[C@@H]1C.[Mg+2]. The number of carbonyl (C=O) groups is 1. The molecule has 2 N–H and O–H groups in total. The molecule has 0 aromatic carbocycles. The van der Waals surface area contributed by atoms with Crippen molar-refractivity contribution in [3.8, 4) is 0 Å². The molecule has 0 saturated carbocycles. The second-order valence-corrected chi connectivity index (χ2v) is 11.0. The number of hydrogen-bond donors (Lipinski definition) is 2. The van der Waals surface area contributed by atoms with Gasteiger partial charge < -0.3 is 30.5 Å². The zero-order valence-electron chi connectivity index (χ0n) is 23.8. The van der Waals surface area contributed by atoms with E-state index in [4.69, 9.17) is 20.3 Å². The van der Waals surface area contributed by atoms with Crippen LogP contribution in [-0.2, 0) is 11.2 Å². The molecule has 5 heterocycles. The van der Waals surface area contributed by atoms with Crippen molar-refractivity contribution in [3.63, 3.8) is 0 Å². The number of aromatic nitrogens is 3. The monoisotopic (exact) mass is 544 g/mol. The Morgan fingerprint density at radius 3 is 2.30 bits per heavy atom. The normalized spacial score (nSPS) is 25.7. The molecule has 2 aliphatic heterocycles. The van der Waals surface area contributed by atoms with Gasteiger partial charge in [0.1, 0.15) is 11.7 Å². The van der Waals surface area contributed by atoms with Gasteiger partial charge >= 0.3 is 29.0 Å². The molecule has 0 spiro atoms. The van der Waals surface area contributed by atoms with Crippen LogP contribution in [0.2, 0.25) is 0 Å². The minimum Gasteiger partial charge on any atom is -0.681 e. The molecule has 1 saturated heterocycles. The Balaban J connectivity index is 0.00000323. The average molecular weight is 545 g/mol. The van der Waals surface area contributed by atoms with Gasteiger partial charge in [-0.25, -0.2) is 0 Å². The Morgan fingerprint density at radius 1 is 0.975 bits per heavy atom. The summed E-state index contributed by atoms with van der Waals surface area (Å²) in [6, 6.07) is -0.428. The number of allylic oxidation sites excluding steroid dienone is 1. The van der Waals surface area contributed by atoms with Crippen molar-refractivity contribution in [3.05, 3.63) is 83.8 Å². The van der Waals surface area contributed by atoms with Crippen LogP contribution in [0.4, 0.5) is 0 Å². The maximum atomic E-state index is 12.5. The third kappa shape index (κ3) is 3.87. The van der Waals surface area contributed by atoms with E-state index in [9.17, 15) is 15.0 Å². The average Bonchev–Trinajstić information content (AvgIpc) is 3.62. The van der Waals surface area contributed by atoms with E-state index in [1.54, 1.807) is 0 Å². The van der Waals surface area contributed by atoms with Gasteiger partial charge in [-0.1, -0.05) is 85.5 Å². The fourth-order valence-corrected chi connectivity index (χ4v) is 6.52. The van der Waals surface area contributed by atoms with Crippen LogP contribution in [0.1, 0.15) is 65.7 Å². The molecular formula is C32H32MgN4O3-2. The van der Waals surface area contributed by atoms with Crippen molar-refractivity contribution in [1.82, 2.24) is 15.0 Å². The zero-order chi connectivity index (χ0) is 27.9. The number of rotatable bonds is 3. The van der Waals surface area contributed by atoms with E-state index >= 15 is 0 Å². The van der Waals surface area contributed by atoms with Crippen molar-refractivity contribution in [2.45, 2.75) is 54.0 Å². The van der Waals surface area contributed by atoms with Gasteiger partial charge in [-0.15, -0.1) is 33.1 Å². The van der Waals surface area contributed by atoms with Crippen molar-refractivity contribution in [2.24, 2.45) is 17.8 Å². The van der Waals surface area contributed by atoms with Crippen molar-refractivity contribution in [1.29, 1.82) is 0 Å². The fraction of sp³-hybridized carbons (Fsp3) is 0.344. The number of fused-ring (bicyclic) bond motifs is 8. The topological polar surface area (TPSA) is 114 Å². The molecule has 3 aliphatic rings. The molecule has 202 valence electrons. The number of carboxylic acid groups (broad SMARTS) is 1. The number of aliphatic carboxylic acids is 1. The van der Waals surface area contributed by atoms with Gasteiger partial charge in [-0.3, -0.25) is 4.79 Å². The first-order valence-corrected chi connectivity index (χ1v) is 13.5. The molecule has 1 fully saturated rings. The van der Waals surface area contributed by atoms with E-state index in [1.165, 1.54) is 0 Å². The van der Waals surface area contributed by atoms with Crippen molar-refractivity contribution < 1.29 is 15.0 Å². The molecule has 7 nitrogen and oxygen atoms in total. The van der Waals surface area contributed by atoms with Gasteiger partial charge in [0.25, 0.3) is 0 Å². The minimum absolute atomic E-state index is 0. The Hall–Kier alpha value is -3.36. The van der Waals surface area contributed by atoms with Gasteiger partial charge in [0.05, 0.1) is 0 Å². The molecule has 1 aliphatic carbocycles. The molecular weight excluding hydrogens is 513 g/mol. The summed E-state index contributed by atoms with van der Waals surface area (Å²) in [5.74, 6) is -2.34. The van der Waals surface area contributed by atoms with E-state index in [0.29, 0.717) is 21.8 Å². The van der Waals surface area contributed by atoms with Gasteiger partial charge in [-0.2, -0.15) is 5.70 Å². The first kappa shape index (κ1) is 28.2. The smallest absolute Gasteiger partial charge is 0.681 e. The minimum atomic E-state index is -1.17. The standard InChI is InChI=1S/C32H32N4O3.Mg/c1-8-18-15(5)21-10-20-13(3)14(4)29(35-20)27-28(32(38)39)31(37)26-17(7)23(36-30(26)27)12-25-19(9-2)16(6)22(34-25)11-24(18)33-21;/h8,10-14,28-29,37H,1,9H2,2-7H3,(H,38,39);/q-4;+2/b20-10+,22-11-,25-12-;/t13-,14-,28+,29?;/m0./s1. The van der Waals surface area contributed by atoms with Crippen LogP contribution in [0, 0.1) is 38.5 Å². The van der Waals surface area contributed by atoms with E-state index < -0.39 is 17.9 Å². The summed E-state index contributed by atoms with van der Waals surface area (Å²) in [7, 11) is 0. The Kier molecular flexibility index (Phi) is 6.99. The van der Waals surface area contributed by atoms with Crippen LogP contribution in [-0.4, -0.2) is 45.3 Å². The molecule has 40 heavy (non-hydrogen) atoms. The number of carboxylic acids is 1. The molecule has 3 aromatic rings. The van der Waals surface area contributed by atoms with E-state index in [1.807, 2.05) is 38.2 Å². The second-order valence-electron chi connectivity index (χ2n) is 11.0. The van der Waals surface area contributed by atoms with Crippen molar-refractivity contribution in [2.75, 3.05) is 0 Å². The third-order valence-electron chi connectivity index (χ3n) is 9.03. The summed E-state index contributed by atoms with van der Waals surface area (Å²) in [6.45, 7) is 16.3. The van der Waals surface area contributed by atoms with Gasteiger partial charge in [-0.05, 0) is 44.6 Å². The van der Waals surface area contributed by atoms with Crippen LogP contribution in [0.25, 0.3) is 41.0 Å². The largest absolute Gasteiger partial charge is 2.00 e. The molecule has 0 radical (unpaired) electrons. The summed E-state index contributed by atoms with van der Waals surface area (Å²) < 4.78 is 0. The van der Waals surface area contributed by atoms with Crippen molar-refractivity contribution >= 4 is 64.7 Å². The van der Waals surface area contributed by atoms with Crippen LogP contribution >= 0.6 is 0 Å². The number of aliphatic hydroxyl groups is 1. The van der Waals surface area contributed by atoms with E-state index in [2.05, 4.69) is 34.3 Å². The van der Waals surface area contributed by atoms with E-state index in [0.717, 1.165) is 62.0 Å². The van der Waals surface area contributed by atoms with Gasteiger partial charge in [0, 0.05) is 5.22 Å². The maximum Gasteiger partial charge on any atom is 2.00 e. The van der Waals surface area contributed by atoms with Crippen LogP contribution < -0.4 is 36.2 Å². The summed E-state index contributed by atoms with van der Waals surface area (Å²) in [5, 5.41) is 29.2. The Labute approximate surface area is 249 Å². The number of nitrogens with zero attached hydrogens (tertiary/aromatic N) is 4. The summed E-state index contributed by atoms with van der Waals surface area (Å²) in [5.41, 5.74) is 8.68. The predicted molar refractivity (Wildman–Crippen MR) is 158 cm³/mol. The second kappa shape index (κ2) is 9.92. The molecule has 1 unspecified atom stereocenters. The third-order valence-corrected chi connectivity index (χ3v) is 9.03. The molecule has 3 aromatic heterocycles. The van der Waals surface area contributed by atoms with E-state index in [-0.39, 0.29) is 40.6 Å². The first-order valence-electron chi connectivity index (χ1n) is 13.5. The fourth-order valence-electron chi connectivity index (χ4n) is 6.52. The zero-order valence-corrected chi connectivity index (χ0v) is 25.2. The van der Waals surface area contributed by atoms with Crippen LogP contribution in [0.3, 0.4) is 0 Å². The molecule has 6 rings (SSSR count). The van der Waals surface area contributed by atoms with Crippen LogP contribution in [0.15, 0.2) is 12.3 Å².